The van der Waals surface area contributed by atoms with E-state index in [1.165, 1.54) is 17.7 Å². The van der Waals surface area contributed by atoms with Gasteiger partial charge in [-0.05, 0) is 72.4 Å². The van der Waals surface area contributed by atoms with Gasteiger partial charge in [0, 0.05) is 24.7 Å². The molecule has 0 aliphatic carbocycles. The predicted octanol–water partition coefficient (Wildman–Crippen LogP) is 4.81. The molecule has 0 spiro atoms. The summed E-state index contributed by atoms with van der Waals surface area (Å²) < 4.78 is 33.1. The van der Waals surface area contributed by atoms with E-state index in [1.807, 2.05) is 19.1 Å². The highest BCUT2D eigenvalue weighted by atomic mass is 19.1. The number of aryl methyl sites for hydroxylation is 1. The lowest BCUT2D eigenvalue weighted by atomic mass is 10.00. The van der Waals surface area contributed by atoms with E-state index in [0.717, 1.165) is 24.5 Å². The maximum absolute atomic E-state index is 13.8. The van der Waals surface area contributed by atoms with Crippen LogP contribution in [0, 0.1) is 11.6 Å². The van der Waals surface area contributed by atoms with Crippen LogP contribution in [0.3, 0.4) is 0 Å². The minimum Gasteiger partial charge on any atom is -0.494 e. The number of halogens is 2. The van der Waals surface area contributed by atoms with Crippen molar-refractivity contribution in [3.8, 4) is 5.75 Å². The molecule has 36 heavy (non-hydrogen) atoms. The lowest BCUT2D eigenvalue weighted by Crippen LogP contribution is -2.48. The molecule has 2 atom stereocenters. The highest BCUT2D eigenvalue weighted by molar-refractivity contribution is 5.94. The Morgan fingerprint density at radius 3 is 2.31 bits per heavy atom. The molecule has 1 amide bonds. The van der Waals surface area contributed by atoms with Crippen LogP contribution in [0.5, 0.6) is 5.75 Å². The number of benzene rings is 3. The zero-order chi connectivity index (χ0) is 25.9. The maximum atomic E-state index is 13.8. The smallest absolute Gasteiger partial charge is 0.251 e. The van der Waals surface area contributed by atoms with Crippen molar-refractivity contribution < 1.29 is 23.4 Å². The van der Waals surface area contributed by atoms with Gasteiger partial charge in [0.05, 0.1) is 18.8 Å². The number of rotatable bonds is 13. The summed E-state index contributed by atoms with van der Waals surface area (Å²) in [6.07, 6.45) is 0.870. The van der Waals surface area contributed by atoms with Crippen molar-refractivity contribution in [1.29, 1.82) is 0 Å². The van der Waals surface area contributed by atoms with Gasteiger partial charge in [-0.1, -0.05) is 38.1 Å². The monoisotopic (exact) mass is 496 g/mol. The van der Waals surface area contributed by atoms with E-state index in [2.05, 4.69) is 29.7 Å². The predicted molar refractivity (Wildman–Crippen MR) is 137 cm³/mol. The van der Waals surface area contributed by atoms with Crippen molar-refractivity contribution in [2.75, 3.05) is 13.2 Å². The number of hydrogen-bond donors (Lipinski definition) is 3. The highest BCUT2D eigenvalue weighted by Gasteiger charge is 2.23. The average molecular weight is 497 g/mol. The van der Waals surface area contributed by atoms with E-state index in [-0.39, 0.29) is 13.0 Å². The van der Waals surface area contributed by atoms with E-state index in [1.54, 1.807) is 24.3 Å². The number of hydrogen-bond acceptors (Lipinski definition) is 4. The summed E-state index contributed by atoms with van der Waals surface area (Å²) in [5, 5.41) is 17.0. The summed E-state index contributed by atoms with van der Waals surface area (Å²) in [5.74, 6) is -1.15. The van der Waals surface area contributed by atoms with E-state index in [9.17, 15) is 18.7 Å². The normalized spacial score (nSPS) is 12.7. The zero-order valence-corrected chi connectivity index (χ0v) is 20.8. The van der Waals surface area contributed by atoms with Gasteiger partial charge < -0.3 is 20.5 Å². The molecule has 0 radical (unpaired) electrons. The van der Waals surface area contributed by atoms with Crippen LogP contribution in [0.25, 0.3) is 0 Å². The second kappa shape index (κ2) is 13.7. The molecule has 3 aromatic rings. The second-order valence-corrected chi connectivity index (χ2v) is 8.81. The number of ether oxygens (including phenoxy) is 1. The molecule has 0 aliphatic heterocycles. The van der Waals surface area contributed by atoms with Crippen LogP contribution in [0.15, 0.2) is 66.7 Å². The van der Waals surface area contributed by atoms with E-state index >= 15 is 0 Å². The molecule has 5 nitrogen and oxygen atoms in total. The fraction of sp³-hybridized carbons (Fsp3) is 0.345. The maximum Gasteiger partial charge on any atom is 0.251 e. The zero-order valence-electron chi connectivity index (χ0n) is 20.8. The first kappa shape index (κ1) is 27.3. The average Bonchev–Trinajstić information content (AvgIpc) is 2.86. The van der Waals surface area contributed by atoms with Crippen molar-refractivity contribution >= 4 is 5.91 Å². The van der Waals surface area contributed by atoms with Crippen molar-refractivity contribution in [2.24, 2.45) is 0 Å². The molecule has 3 rings (SSSR count). The minimum absolute atomic E-state index is 0.0618. The van der Waals surface area contributed by atoms with Crippen LogP contribution >= 0.6 is 0 Å². The van der Waals surface area contributed by atoms with Crippen molar-refractivity contribution in [3.63, 3.8) is 0 Å². The Balaban J connectivity index is 1.69. The summed E-state index contributed by atoms with van der Waals surface area (Å²) in [4.78, 5) is 12.9. The molecule has 7 heteroatoms. The van der Waals surface area contributed by atoms with E-state index in [4.69, 9.17) is 4.74 Å². The molecule has 0 fully saturated rings. The van der Waals surface area contributed by atoms with Gasteiger partial charge in [0.15, 0.2) is 0 Å². The van der Waals surface area contributed by atoms with Gasteiger partial charge in [0.1, 0.15) is 17.4 Å². The molecule has 3 aromatic carbocycles. The van der Waals surface area contributed by atoms with Crippen LogP contribution in [0.2, 0.25) is 0 Å². The van der Waals surface area contributed by atoms with Gasteiger partial charge in [-0.3, -0.25) is 4.79 Å². The van der Waals surface area contributed by atoms with Crippen LogP contribution < -0.4 is 15.4 Å². The third kappa shape index (κ3) is 8.43. The fourth-order valence-corrected chi connectivity index (χ4v) is 3.91. The first-order valence-corrected chi connectivity index (χ1v) is 12.3. The number of carbonyl (C=O) groups excluding carboxylic acids is 1. The van der Waals surface area contributed by atoms with Crippen LogP contribution in [0.1, 0.15) is 47.3 Å². The van der Waals surface area contributed by atoms with E-state index < -0.39 is 29.7 Å². The lowest BCUT2D eigenvalue weighted by Gasteiger charge is -2.25. The Morgan fingerprint density at radius 2 is 1.64 bits per heavy atom. The van der Waals surface area contributed by atoms with Crippen LogP contribution in [0.4, 0.5) is 8.78 Å². The molecule has 0 aromatic heterocycles. The van der Waals surface area contributed by atoms with Gasteiger partial charge in [-0.2, -0.15) is 0 Å². The topological polar surface area (TPSA) is 70.6 Å². The quantitative estimate of drug-likeness (QED) is 0.318. The first-order valence-electron chi connectivity index (χ1n) is 12.3. The van der Waals surface area contributed by atoms with E-state index in [0.29, 0.717) is 30.0 Å². The Bertz CT molecular complexity index is 1100. The summed E-state index contributed by atoms with van der Waals surface area (Å²) in [6.45, 7) is 5.40. The molecule has 0 aliphatic rings. The number of nitrogens with one attached hydrogen (secondary N) is 2. The summed E-state index contributed by atoms with van der Waals surface area (Å²) in [7, 11) is 0. The molecule has 0 heterocycles. The standard InChI is InChI=1S/C29H34F2N2O3/c1-3-12-36-26-10-8-23(9-11-26)29(35)33-27(16-22-14-24(30)17-25(31)15-22)28(34)19-32-18-21-7-5-6-20(4-2)13-21/h5-11,13-15,17,27-28,32,34H,3-4,12,16,18-19H2,1-2H3,(H,33,35)/t27-,28-/m0/s1. The molecule has 3 N–H and O–H groups in total. The fourth-order valence-electron chi connectivity index (χ4n) is 3.91. The van der Waals surface area contributed by atoms with Crippen molar-refractivity contribution in [1.82, 2.24) is 10.6 Å². The Hall–Kier alpha value is -3.29. The molecular formula is C29H34F2N2O3. The Labute approximate surface area is 211 Å². The molecule has 0 bridgehead atoms. The SMILES string of the molecule is CCCOc1ccc(C(=O)N[C@@H](Cc2cc(F)cc(F)c2)[C@@H](O)CNCc2cccc(CC)c2)cc1. The number of aliphatic hydroxyl groups excluding tert-OH is 1. The van der Waals surface area contributed by atoms with Gasteiger partial charge in [-0.25, -0.2) is 8.78 Å². The molecule has 0 saturated carbocycles. The lowest BCUT2D eigenvalue weighted by molar-refractivity contribution is 0.0830. The summed E-state index contributed by atoms with van der Waals surface area (Å²) in [5.41, 5.74) is 3.04. The van der Waals surface area contributed by atoms with Crippen molar-refractivity contribution in [3.05, 3.63) is 101 Å². The molecule has 0 saturated heterocycles. The number of amides is 1. The molecular weight excluding hydrogens is 462 g/mol. The Kier molecular flexibility index (Phi) is 10.4. The van der Waals surface area contributed by atoms with Gasteiger partial charge >= 0.3 is 0 Å². The first-order chi connectivity index (χ1) is 17.4. The third-order valence-corrected chi connectivity index (χ3v) is 5.83. The number of aliphatic hydroxyl groups is 1. The summed E-state index contributed by atoms with van der Waals surface area (Å²) >= 11 is 0. The largest absolute Gasteiger partial charge is 0.494 e. The van der Waals surface area contributed by atoms with Gasteiger partial charge in [0.25, 0.3) is 5.91 Å². The van der Waals surface area contributed by atoms with Crippen molar-refractivity contribution in [2.45, 2.75) is 51.8 Å². The summed E-state index contributed by atoms with van der Waals surface area (Å²) in [6, 6.07) is 17.3. The molecule has 192 valence electrons. The molecule has 0 unspecified atom stereocenters. The van der Waals surface area contributed by atoms with Crippen LogP contribution in [-0.2, 0) is 19.4 Å². The minimum atomic E-state index is -0.998. The van der Waals surface area contributed by atoms with Crippen LogP contribution in [-0.4, -0.2) is 36.3 Å². The highest BCUT2D eigenvalue weighted by Crippen LogP contribution is 2.15. The van der Waals surface area contributed by atoms with Gasteiger partial charge in [0.2, 0.25) is 0 Å². The second-order valence-electron chi connectivity index (χ2n) is 8.81. The van der Waals surface area contributed by atoms with Gasteiger partial charge in [-0.15, -0.1) is 0 Å². The Morgan fingerprint density at radius 1 is 0.944 bits per heavy atom. The third-order valence-electron chi connectivity index (χ3n) is 5.83. The number of carbonyl (C=O) groups is 1.